The second-order valence-electron chi connectivity index (χ2n) is 4.48. The Morgan fingerprint density at radius 2 is 2.28 bits per heavy atom. The molecule has 0 unspecified atom stereocenters. The molecule has 0 bridgehead atoms. The van der Waals surface area contributed by atoms with E-state index in [1.165, 1.54) is 19.2 Å². The summed E-state index contributed by atoms with van der Waals surface area (Å²) in [6.45, 7) is 2.73. The minimum atomic E-state index is -0.511. The van der Waals surface area contributed by atoms with Crippen LogP contribution in [-0.2, 0) is 9.47 Å². The van der Waals surface area contributed by atoms with E-state index in [0.29, 0.717) is 6.61 Å². The summed E-state index contributed by atoms with van der Waals surface area (Å²) in [5.74, 6) is -0.758. The van der Waals surface area contributed by atoms with E-state index in [1.807, 2.05) is 6.92 Å². The molecule has 2 atom stereocenters. The van der Waals surface area contributed by atoms with Gasteiger partial charge in [-0.1, -0.05) is 6.92 Å². The lowest BCUT2D eigenvalue weighted by Crippen LogP contribution is -2.14. The zero-order valence-electron chi connectivity index (χ0n) is 10.6. The summed E-state index contributed by atoms with van der Waals surface area (Å²) in [6, 6.07) is 4.39. The third-order valence-corrected chi connectivity index (χ3v) is 3.38. The summed E-state index contributed by atoms with van der Waals surface area (Å²) in [7, 11) is 1.29. The summed E-state index contributed by atoms with van der Waals surface area (Å²) in [5.41, 5.74) is 1.08. The Hall–Kier alpha value is -1.42. The molecule has 0 aliphatic carbocycles. The Bertz CT molecular complexity index is 445. The molecule has 0 N–H and O–H groups in total. The number of benzene rings is 1. The Balaban J connectivity index is 2.33. The van der Waals surface area contributed by atoms with Gasteiger partial charge in [0, 0.05) is 12.5 Å². The quantitative estimate of drug-likeness (QED) is 0.776. The lowest BCUT2D eigenvalue weighted by molar-refractivity contribution is 0.0599. The molecule has 2 rings (SSSR count). The van der Waals surface area contributed by atoms with Gasteiger partial charge in [0.05, 0.1) is 18.8 Å². The molecule has 0 radical (unpaired) electrons. The van der Waals surface area contributed by atoms with E-state index < -0.39 is 11.8 Å². The van der Waals surface area contributed by atoms with Gasteiger partial charge in [0.2, 0.25) is 0 Å². The average molecular weight is 252 g/mol. The van der Waals surface area contributed by atoms with Crippen molar-refractivity contribution >= 4 is 5.97 Å². The van der Waals surface area contributed by atoms with Crippen LogP contribution >= 0.6 is 0 Å². The molecule has 0 spiro atoms. The summed E-state index contributed by atoms with van der Waals surface area (Å²) in [6.07, 6.45) is 1.86. The molecule has 1 aromatic rings. The van der Waals surface area contributed by atoms with E-state index in [-0.39, 0.29) is 17.6 Å². The van der Waals surface area contributed by atoms with Crippen molar-refractivity contribution in [2.24, 2.45) is 0 Å². The number of hydrogen-bond acceptors (Lipinski definition) is 3. The molecule has 0 amide bonds. The van der Waals surface area contributed by atoms with Crippen LogP contribution in [0.15, 0.2) is 18.2 Å². The first kappa shape index (κ1) is 13.0. The summed E-state index contributed by atoms with van der Waals surface area (Å²) in [4.78, 5) is 11.5. The van der Waals surface area contributed by atoms with Crippen molar-refractivity contribution < 1.29 is 18.7 Å². The Labute approximate surface area is 106 Å². The monoisotopic (exact) mass is 252 g/mol. The number of rotatable bonds is 3. The van der Waals surface area contributed by atoms with Gasteiger partial charge in [0.1, 0.15) is 5.82 Å². The number of methoxy groups -OCH3 is 1. The van der Waals surface area contributed by atoms with E-state index in [2.05, 4.69) is 4.74 Å². The van der Waals surface area contributed by atoms with Gasteiger partial charge in [0.15, 0.2) is 0 Å². The Morgan fingerprint density at radius 3 is 2.94 bits per heavy atom. The summed E-state index contributed by atoms with van der Waals surface area (Å²) < 4.78 is 23.8. The van der Waals surface area contributed by atoms with Crippen LogP contribution in [0, 0.1) is 5.82 Å². The van der Waals surface area contributed by atoms with Crippen molar-refractivity contribution in [1.29, 1.82) is 0 Å². The van der Waals surface area contributed by atoms with Gasteiger partial charge in [-0.3, -0.25) is 0 Å². The molecule has 18 heavy (non-hydrogen) atoms. The summed E-state index contributed by atoms with van der Waals surface area (Å²) >= 11 is 0. The maximum atomic E-state index is 13.6. The minimum absolute atomic E-state index is 0.109. The number of carbonyl (C=O) groups is 1. The molecule has 1 aliphatic rings. The molecule has 1 aromatic carbocycles. The van der Waals surface area contributed by atoms with Crippen molar-refractivity contribution in [2.45, 2.75) is 31.8 Å². The fraction of sp³-hybridized carbons (Fsp3) is 0.500. The van der Waals surface area contributed by atoms with E-state index in [4.69, 9.17) is 4.74 Å². The zero-order chi connectivity index (χ0) is 13.1. The Kier molecular flexibility index (Phi) is 3.97. The van der Waals surface area contributed by atoms with Gasteiger partial charge in [-0.05, 0) is 36.6 Å². The lowest BCUT2D eigenvalue weighted by Gasteiger charge is -2.17. The van der Waals surface area contributed by atoms with Crippen molar-refractivity contribution in [1.82, 2.24) is 0 Å². The van der Waals surface area contributed by atoms with E-state index >= 15 is 0 Å². The van der Waals surface area contributed by atoms with Crippen LogP contribution in [0.4, 0.5) is 4.39 Å². The third-order valence-electron chi connectivity index (χ3n) is 3.38. The van der Waals surface area contributed by atoms with Crippen LogP contribution in [-0.4, -0.2) is 25.8 Å². The first-order valence-electron chi connectivity index (χ1n) is 6.16. The van der Waals surface area contributed by atoms with E-state index in [1.54, 1.807) is 6.07 Å². The van der Waals surface area contributed by atoms with Gasteiger partial charge in [-0.25, -0.2) is 9.18 Å². The van der Waals surface area contributed by atoms with Crippen LogP contribution in [0.25, 0.3) is 0 Å². The molecule has 1 saturated heterocycles. The fourth-order valence-corrected chi connectivity index (χ4v) is 2.49. The third kappa shape index (κ3) is 2.53. The standard InChI is InChI=1S/C14H17FO3/c1-3-13-12(4-5-18-13)9-6-10(14(16)17-2)8-11(15)7-9/h6-8,12-13H,3-5H2,1-2H3/t12-,13+/m1/s1. The highest BCUT2D eigenvalue weighted by atomic mass is 19.1. The summed E-state index contributed by atoms with van der Waals surface area (Å²) in [5, 5.41) is 0. The number of carbonyl (C=O) groups excluding carboxylic acids is 1. The van der Waals surface area contributed by atoms with Crippen molar-refractivity contribution in [2.75, 3.05) is 13.7 Å². The minimum Gasteiger partial charge on any atom is -0.465 e. The van der Waals surface area contributed by atoms with Gasteiger partial charge in [0.25, 0.3) is 0 Å². The smallest absolute Gasteiger partial charge is 0.337 e. The normalized spacial score (nSPS) is 23.1. The molecular weight excluding hydrogens is 235 g/mol. The number of halogens is 1. The second kappa shape index (κ2) is 5.48. The highest BCUT2D eigenvalue weighted by Crippen LogP contribution is 2.33. The second-order valence-corrected chi connectivity index (χ2v) is 4.48. The van der Waals surface area contributed by atoms with Crippen LogP contribution in [0.1, 0.15) is 41.6 Å². The predicted octanol–water partition coefficient (Wildman–Crippen LogP) is 2.89. The van der Waals surface area contributed by atoms with Crippen LogP contribution in [0.2, 0.25) is 0 Å². The topological polar surface area (TPSA) is 35.5 Å². The van der Waals surface area contributed by atoms with Gasteiger partial charge >= 0.3 is 5.97 Å². The first-order chi connectivity index (χ1) is 8.65. The molecule has 1 fully saturated rings. The number of hydrogen-bond donors (Lipinski definition) is 0. The molecule has 98 valence electrons. The van der Waals surface area contributed by atoms with Crippen molar-refractivity contribution in [3.63, 3.8) is 0 Å². The lowest BCUT2D eigenvalue weighted by atomic mass is 9.90. The Morgan fingerprint density at radius 1 is 1.50 bits per heavy atom. The molecule has 1 aliphatic heterocycles. The molecular formula is C14H17FO3. The van der Waals surface area contributed by atoms with Crippen molar-refractivity contribution in [3.8, 4) is 0 Å². The molecule has 1 heterocycles. The zero-order valence-corrected chi connectivity index (χ0v) is 10.6. The van der Waals surface area contributed by atoms with E-state index in [9.17, 15) is 9.18 Å². The predicted molar refractivity (Wildman–Crippen MR) is 65.1 cm³/mol. The van der Waals surface area contributed by atoms with Crippen LogP contribution < -0.4 is 0 Å². The van der Waals surface area contributed by atoms with Gasteiger partial charge in [-0.2, -0.15) is 0 Å². The molecule has 3 nitrogen and oxygen atoms in total. The highest BCUT2D eigenvalue weighted by Gasteiger charge is 2.29. The van der Waals surface area contributed by atoms with Gasteiger partial charge in [-0.15, -0.1) is 0 Å². The fourth-order valence-electron chi connectivity index (χ4n) is 2.49. The maximum Gasteiger partial charge on any atom is 0.337 e. The SMILES string of the molecule is CC[C@@H]1OCC[C@@H]1c1cc(F)cc(C(=O)OC)c1. The average Bonchev–Trinajstić information content (AvgIpc) is 2.85. The number of ether oxygens (including phenoxy) is 2. The molecule has 0 aromatic heterocycles. The largest absolute Gasteiger partial charge is 0.465 e. The van der Waals surface area contributed by atoms with Crippen molar-refractivity contribution in [3.05, 3.63) is 35.1 Å². The maximum absolute atomic E-state index is 13.6. The number of esters is 1. The van der Waals surface area contributed by atoms with Gasteiger partial charge < -0.3 is 9.47 Å². The van der Waals surface area contributed by atoms with E-state index in [0.717, 1.165) is 18.4 Å². The van der Waals surface area contributed by atoms with Crippen LogP contribution in [0.3, 0.4) is 0 Å². The van der Waals surface area contributed by atoms with Crippen LogP contribution in [0.5, 0.6) is 0 Å². The highest BCUT2D eigenvalue weighted by molar-refractivity contribution is 5.89. The molecule has 4 heteroatoms. The first-order valence-corrected chi connectivity index (χ1v) is 6.16. The molecule has 0 saturated carbocycles.